The fourth-order valence-electron chi connectivity index (χ4n) is 0.963. The molecule has 1 rings (SSSR count). The van der Waals surface area contributed by atoms with Gasteiger partial charge in [0.05, 0.1) is 13.5 Å². The highest BCUT2D eigenvalue weighted by atomic mass is 19.1. The summed E-state index contributed by atoms with van der Waals surface area (Å²) in [5.74, 6) is -0.886. The van der Waals surface area contributed by atoms with Crippen LogP contribution in [0.5, 0.6) is 0 Å². The number of aryl methyl sites for hydroxylation is 1. The van der Waals surface area contributed by atoms with Crippen LogP contribution in [0.3, 0.4) is 0 Å². The van der Waals surface area contributed by atoms with Crippen LogP contribution < -0.4 is 0 Å². The summed E-state index contributed by atoms with van der Waals surface area (Å²) in [6.45, 7) is 1.73. The van der Waals surface area contributed by atoms with Gasteiger partial charge in [-0.05, 0) is 24.1 Å². The Morgan fingerprint density at radius 3 is 2.92 bits per heavy atom. The zero-order valence-electron chi connectivity index (χ0n) is 7.50. The van der Waals surface area contributed by atoms with Crippen molar-refractivity contribution in [1.29, 1.82) is 0 Å². The highest BCUT2D eigenvalue weighted by molar-refractivity contribution is 5.72. The van der Waals surface area contributed by atoms with Gasteiger partial charge in [-0.15, -0.1) is 0 Å². The number of hydrogen-bond acceptors (Lipinski definition) is 3. The van der Waals surface area contributed by atoms with E-state index < -0.39 is 5.95 Å². The molecule has 0 N–H and O–H groups in total. The van der Waals surface area contributed by atoms with Gasteiger partial charge in [-0.25, -0.2) is 4.98 Å². The topological polar surface area (TPSA) is 39.2 Å². The molecule has 0 fully saturated rings. The van der Waals surface area contributed by atoms with Crippen LogP contribution in [-0.2, 0) is 16.0 Å². The summed E-state index contributed by atoms with van der Waals surface area (Å²) in [7, 11) is 1.31. The van der Waals surface area contributed by atoms with Gasteiger partial charge in [0, 0.05) is 6.20 Å². The van der Waals surface area contributed by atoms with Gasteiger partial charge in [0.1, 0.15) is 0 Å². The number of esters is 1. The van der Waals surface area contributed by atoms with Crippen molar-refractivity contribution < 1.29 is 13.9 Å². The van der Waals surface area contributed by atoms with Crippen LogP contribution in [0.2, 0.25) is 0 Å². The summed E-state index contributed by atoms with van der Waals surface area (Å²) in [5.41, 5.74) is 1.39. The standard InChI is InChI=1S/C9H10FNO2/c1-6-3-8(10)11-5-7(6)4-9(12)13-2/h3,5H,4H2,1-2H3. The van der Waals surface area contributed by atoms with Crippen LogP contribution in [0.25, 0.3) is 0 Å². The van der Waals surface area contributed by atoms with Crippen LogP contribution >= 0.6 is 0 Å². The SMILES string of the molecule is COC(=O)Cc1cnc(F)cc1C. The van der Waals surface area contributed by atoms with Crippen LogP contribution in [0.1, 0.15) is 11.1 Å². The number of pyridine rings is 1. The van der Waals surface area contributed by atoms with E-state index in [4.69, 9.17) is 0 Å². The zero-order valence-corrected chi connectivity index (χ0v) is 7.50. The summed E-state index contributed by atoms with van der Waals surface area (Å²) in [5, 5.41) is 0. The third-order valence-electron chi connectivity index (χ3n) is 1.75. The van der Waals surface area contributed by atoms with Crippen molar-refractivity contribution in [2.45, 2.75) is 13.3 Å². The largest absolute Gasteiger partial charge is 0.469 e. The molecule has 13 heavy (non-hydrogen) atoms. The van der Waals surface area contributed by atoms with Gasteiger partial charge in [-0.1, -0.05) is 0 Å². The van der Waals surface area contributed by atoms with Gasteiger partial charge in [-0.2, -0.15) is 4.39 Å². The van der Waals surface area contributed by atoms with Crippen molar-refractivity contribution in [2.75, 3.05) is 7.11 Å². The van der Waals surface area contributed by atoms with Gasteiger partial charge in [0.15, 0.2) is 0 Å². The first kappa shape index (κ1) is 9.64. The zero-order chi connectivity index (χ0) is 9.84. The molecule has 0 unspecified atom stereocenters. The number of methoxy groups -OCH3 is 1. The van der Waals surface area contributed by atoms with E-state index in [1.165, 1.54) is 19.4 Å². The summed E-state index contributed by atoms with van der Waals surface area (Å²) < 4.78 is 17.0. The van der Waals surface area contributed by atoms with Gasteiger partial charge in [0.25, 0.3) is 0 Å². The molecular weight excluding hydrogens is 173 g/mol. The van der Waals surface area contributed by atoms with Crippen LogP contribution in [-0.4, -0.2) is 18.1 Å². The Morgan fingerprint density at radius 2 is 2.38 bits per heavy atom. The number of carbonyl (C=O) groups is 1. The minimum atomic E-state index is -0.536. The molecule has 3 nitrogen and oxygen atoms in total. The second kappa shape index (κ2) is 3.98. The monoisotopic (exact) mass is 183 g/mol. The quantitative estimate of drug-likeness (QED) is 0.511. The van der Waals surface area contributed by atoms with Gasteiger partial charge in [-0.3, -0.25) is 4.79 Å². The summed E-state index contributed by atoms with van der Waals surface area (Å²) in [6.07, 6.45) is 1.48. The lowest BCUT2D eigenvalue weighted by molar-refractivity contribution is -0.139. The molecule has 0 aliphatic rings. The Balaban J connectivity index is 2.83. The Morgan fingerprint density at radius 1 is 1.69 bits per heavy atom. The molecule has 1 aromatic rings. The first-order valence-electron chi connectivity index (χ1n) is 3.81. The lowest BCUT2D eigenvalue weighted by atomic mass is 10.1. The van der Waals surface area contributed by atoms with Crippen molar-refractivity contribution in [1.82, 2.24) is 4.98 Å². The third-order valence-corrected chi connectivity index (χ3v) is 1.75. The Kier molecular flexibility index (Phi) is 2.95. The normalized spacial score (nSPS) is 9.77. The average molecular weight is 183 g/mol. The number of hydrogen-bond donors (Lipinski definition) is 0. The molecular formula is C9H10FNO2. The van der Waals surface area contributed by atoms with Crippen LogP contribution in [0, 0.1) is 12.9 Å². The van der Waals surface area contributed by atoms with E-state index in [9.17, 15) is 9.18 Å². The van der Waals surface area contributed by atoms with Gasteiger partial charge in [0.2, 0.25) is 5.95 Å². The van der Waals surface area contributed by atoms with Crippen LogP contribution in [0.4, 0.5) is 4.39 Å². The van der Waals surface area contributed by atoms with Crippen molar-refractivity contribution in [3.05, 3.63) is 29.3 Å². The highest BCUT2D eigenvalue weighted by Gasteiger charge is 2.06. The van der Waals surface area contributed by atoms with Crippen molar-refractivity contribution in [2.24, 2.45) is 0 Å². The minimum Gasteiger partial charge on any atom is -0.469 e. The Labute approximate surface area is 75.6 Å². The summed E-state index contributed by atoms with van der Waals surface area (Å²) in [6, 6.07) is 1.29. The van der Waals surface area contributed by atoms with Gasteiger partial charge >= 0.3 is 5.97 Å². The number of ether oxygens (including phenoxy) is 1. The highest BCUT2D eigenvalue weighted by Crippen LogP contribution is 2.08. The predicted octanol–water partition coefficient (Wildman–Crippen LogP) is 1.24. The molecule has 0 spiro atoms. The van der Waals surface area contributed by atoms with Crippen molar-refractivity contribution in [3.8, 4) is 0 Å². The minimum absolute atomic E-state index is 0.135. The second-order valence-electron chi connectivity index (χ2n) is 2.69. The fourth-order valence-corrected chi connectivity index (χ4v) is 0.963. The molecule has 0 saturated heterocycles. The first-order chi connectivity index (χ1) is 6.13. The third kappa shape index (κ3) is 2.50. The predicted molar refractivity (Wildman–Crippen MR) is 44.7 cm³/mol. The average Bonchev–Trinajstić information content (AvgIpc) is 2.09. The van der Waals surface area contributed by atoms with E-state index in [1.54, 1.807) is 6.92 Å². The molecule has 0 atom stereocenters. The second-order valence-corrected chi connectivity index (χ2v) is 2.69. The van der Waals surface area contributed by atoms with E-state index in [1.807, 2.05) is 0 Å². The lowest BCUT2D eigenvalue weighted by Crippen LogP contribution is -2.06. The number of rotatable bonds is 2. The number of nitrogens with zero attached hydrogens (tertiary/aromatic N) is 1. The molecule has 0 bridgehead atoms. The smallest absolute Gasteiger partial charge is 0.310 e. The molecule has 0 aliphatic carbocycles. The first-order valence-corrected chi connectivity index (χ1v) is 3.81. The fraction of sp³-hybridized carbons (Fsp3) is 0.333. The Hall–Kier alpha value is -1.45. The van der Waals surface area contributed by atoms with Crippen LogP contribution in [0.15, 0.2) is 12.3 Å². The van der Waals surface area contributed by atoms with E-state index in [2.05, 4.69) is 9.72 Å². The van der Waals surface area contributed by atoms with E-state index >= 15 is 0 Å². The number of halogens is 1. The molecule has 1 aromatic heterocycles. The van der Waals surface area contributed by atoms with E-state index in [0.717, 1.165) is 0 Å². The van der Waals surface area contributed by atoms with Crippen molar-refractivity contribution >= 4 is 5.97 Å². The summed E-state index contributed by atoms with van der Waals surface area (Å²) in [4.78, 5) is 14.3. The summed E-state index contributed by atoms with van der Waals surface area (Å²) >= 11 is 0. The molecule has 0 radical (unpaired) electrons. The molecule has 4 heteroatoms. The van der Waals surface area contributed by atoms with E-state index in [-0.39, 0.29) is 12.4 Å². The van der Waals surface area contributed by atoms with Gasteiger partial charge < -0.3 is 4.74 Å². The molecule has 70 valence electrons. The maximum absolute atomic E-state index is 12.5. The molecule has 0 aromatic carbocycles. The lowest BCUT2D eigenvalue weighted by Gasteiger charge is -2.02. The molecule has 0 aliphatic heterocycles. The Bertz CT molecular complexity index is 325. The van der Waals surface area contributed by atoms with Crippen molar-refractivity contribution in [3.63, 3.8) is 0 Å². The maximum Gasteiger partial charge on any atom is 0.310 e. The number of aromatic nitrogens is 1. The molecule has 1 heterocycles. The maximum atomic E-state index is 12.5. The van der Waals surface area contributed by atoms with E-state index in [0.29, 0.717) is 11.1 Å². The molecule has 0 amide bonds. The number of carbonyl (C=O) groups excluding carboxylic acids is 1. The molecule has 0 saturated carbocycles.